The van der Waals surface area contributed by atoms with Gasteiger partial charge in [0.15, 0.2) is 0 Å². The first-order chi connectivity index (χ1) is 14.3. The van der Waals surface area contributed by atoms with Crippen molar-refractivity contribution in [1.82, 2.24) is 19.9 Å². The number of nitrogens with one attached hydrogen (secondary N) is 2. The molecule has 2 N–H and O–H groups in total. The topological polar surface area (TPSA) is 88.9 Å². The fraction of sp³-hybridized carbons (Fsp3) is 0.304. The van der Waals surface area contributed by atoms with E-state index >= 15 is 0 Å². The molecule has 3 aromatic rings. The molecule has 3 rings (SSSR count). The normalized spacial score (nSPS) is 10.8. The van der Waals surface area contributed by atoms with Crippen LogP contribution in [-0.4, -0.2) is 26.3 Å². The van der Waals surface area contributed by atoms with Gasteiger partial charge in [0.05, 0.1) is 11.9 Å². The van der Waals surface area contributed by atoms with Gasteiger partial charge < -0.3 is 10.6 Å². The van der Waals surface area contributed by atoms with Crippen LogP contribution in [0.1, 0.15) is 47.4 Å². The van der Waals surface area contributed by atoms with Crippen molar-refractivity contribution in [2.75, 3.05) is 5.32 Å². The Morgan fingerprint density at radius 1 is 1.07 bits per heavy atom. The van der Waals surface area contributed by atoms with Crippen molar-refractivity contribution in [2.45, 2.75) is 40.7 Å². The van der Waals surface area contributed by atoms with Gasteiger partial charge in [0, 0.05) is 19.2 Å². The zero-order chi connectivity index (χ0) is 21.7. The van der Waals surface area contributed by atoms with Gasteiger partial charge in [-0.3, -0.25) is 14.2 Å². The molecule has 2 aromatic heterocycles. The maximum atomic E-state index is 12.4. The predicted molar refractivity (Wildman–Crippen MR) is 117 cm³/mol. The van der Waals surface area contributed by atoms with E-state index in [0.717, 1.165) is 5.56 Å². The van der Waals surface area contributed by atoms with Gasteiger partial charge in [0.2, 0.25) is 5.91 Å². The largest absolute Gasteiger partial charge is 0.347 e. The highest BCUT2D eigenvalue weighted by Crippen LogP contribution is 2.13. The second kappa shape index (κ2) is 9.35. The quantitative estimate of drug-likeness (QED) is 0.626. The monoisotopic (exact) mass is 405 g/mol. The van der Waals surface area contributed by atoms with E-state index in [1.165, 1.54) is 11.1 Å². The van der Waals surface area contributed by atoms with Gasteiger partial charge in [-0.05, 0) is 48.6 Å². The molecule has 7 heteroatoms. The second-order valence-corrected chi connectivity index (χ2v) is 7.82. The number of amides is 2. The first kappa shape index (κ1) is 21.2. The Morgan fingerprint density at radius 3 is 2.53 bits per heavy atom. The first-order valence-electron chi connectivity index (χ1n) is 9.96. The molecule has 0 aliphatic rings. The average molecular weight is 406 g/mol. The summed E-state index contributed by atoms with van der Waals surface area (Å²) >= 11 is 0. The van der Waals surface area contributed by atoms with Crippen LogP contribution in [0.4, 0.5) is 5.69 Å². The van der Waals surface area contributed by atoms with Crippen molar-refractivity contribution in [3.63, 3.8) is 0 Å². The minimum absolute atomic E-state index is 0.0371. The standard InChI is InChI=1S/C23H27N5O2/c1-15(2)9-22(29)27-19-7-8-21(24-12-19)28-13-20(26-14-28)23(30)25-11-18-6-5-16(3)17(4)10-18/h5-8,10,12-15H,9,11H2,1-4H3,(H,25,30)(H,27,29). The second-order valence-electron chi connectivity index (χ2n) is 7.82. The fourth-order valence-corrected chi connectivity index (χ4v) is 2.95. The summed E-state index contributed by atoms with van der Waals surface area (Å²) in [6, 6.07) is 9.67. The maximum absolute atomic E-state index is 12.4. The van der Waals surface area contributed by atoms with Gasteiger partial charge in [0.1, 0.15) is 17.8 Å². The Balaban J connectivity index is 1.60. The van der Waals surface area contributed by atoms with E-state index in [1.54, 1.807) is 35.4 Å². The van der Waals surface area contributed by atoms with Gasteiger partial charge in [-0.25, -0.2) is 9.97 Å². The molecule has 156 valence electrons. The summed E-state index contributed by atoms with van der Waals surface area (Å²) in [5.41, 5.74) is 4.41. The Bertz CT molecular complexity index is 1040. The molecule has 1 aromatic carbocycles. The van der Waals surface area contributed by atoms with Crippen LogP contribution < -0.4 is 10.6 Å². The van der Waals surface area contributed by atoms with E-state index in [4.69, 9.17) is 0 Å². The zero-order valence-electron chi connectivity index (χ0n) is 17.8. The van der Waals surface area contributed by atoms with Crippen molar-refractivity contribution in [2.24, 2.45) is 5.92 Å². The van der Waals surface area contributed by atoms with Crippen LogP contribution in [0, 0.1) is 19.8 Å². The SMILES string of the molecule is Cc1ccc(CNC(=O)c2cn(-c3ccc(NC(=O)CC(C)C)cn3)cn2)cc1C. The van der Waals surface area contributed by atoms with Crippen LogP contribution in [-0.2, 0) is 11.3 Å². The van der Waals surface area contributed by atoms with Crippen molar-refractivity contribution in [3.05, 3.63) is 71.4 Å². The lowest BCUT2D eigenvalue weighted by molar-refractivity contribution is -0.116. The Kier molecular flexibility index (Phi) is 6.61. The first-order valence-corrected chi connectivity index (χ1v) is 9.96. The number of imidazole rings is 1. The molecule has 2 heterocycles. The van der Waals surface area contributed by atoms with E-state index in [2.05, 4.69) is 40.5 Å². The maximum Gasteiger partial charge on any atom is 0.271 e. The molecule has 30 heavy (non-hydrogen) atoms. The van der Waals surface area contributed by atoms with E-state index in [0.29, 0.717) is 36.1 Å². The molecular weight excluding hydrogens is 378 g/mol. The molecule has 0 aliphatic heterocycles. The van der Waals surface area contributed by atoms with Crippen molar-refractivity contribution in [1.29, 1.82) is 0 Å². The molecule has 0 unspecified atom stereocenters. The molecule has 0 fully saturated rings. The van der Waals surface area contributed by atoms with E-state index in [1.807, 2.05) is 26.0 Å². The summed E-state index contributed by atoms with van der Waals surface area (Å²) < 4.78 is 1.67. The number of rotatable bonds is 7. The van der Waals surface area contributed by atoms with Gasteiger partial charge >= 0.3 is 0 Å². The van der Waals surface area contributed by atoms with E-state index in [-0.39, 0.29) is 11.8 Å². The number of aryl methyl sites for hydroxylation is 2. The summed E-state index contributed by atoms with van der Waals surface area (Å²) in [7, 11) is 0. The molecule has 0 saturated heterocycles. The van der Waals surface area contributed by atoms with Crippen molar-refractivity contribution >= 4 is 17.5 Å². The van der Waals surface area contributed by atoms with Crippen LogP contribution in [0.5, 0.6) is 0 Å². The van der Waals surface area contributed by atoms with Crippen LogP contribution in [0.3, 0.4) is 0 Å². The molecule has 7 nitrogen and oxygen atoms in total. The average Bonchev–Trinajstić information content (AvgIpc) is 3.19. The summed E-state index contributed by atoms with van der Waals surface area (Å²) in [5, 5.41) is 5.71. The number of anilines is 1. The molecule has 0 atom stereocenters. The summed E-state index contributed by atoms with van der Waals surface area (Å²) in [6.45, 7) is 8.54. The number of hydrogen-bond acceptors (Lipinski definition) is 4. The van der Waals surface area contributed by atoms with E-state index < -0.39 is 0 Å². The molecule has 0 saturated carbocycles. The predicted octanol–water partition coefficient (Wildman–Crippen LogP) is 3.80. The number of nitrogens with zero attached hydrogens (tertiary/aromatic N) is 3. The van der Waals surface area contributed by atoms with Crippen LogP contribution in [0.25, 0.3) is 5.82 Å². The Morgan fingerprint density at radius 2 is 1.87 bits per heavy atom. The summed E-state index contributed by atoms with van der Waals surface area (Å²) in [5.74, 6) is 0.620. The number of carbonyl (C=O) groups is 2. The van der Waals surface area contributed by atoms with Gasteiger partial charge in [-0.2, -0.15) is 0 Å². The number of benzene rings is 1. The minimum Gasteiger partial charge on any atom is -0.347 e. The summed E-state index contributed by atoms with van der Waals surface area (Å²) in [4.78, 5) is 32.8. The van der Waals surface area contributed by atoms with Crippen LogP contribution in [0.2, 0.25) is 0 Å². The lowest BCUT2D eigenvalue weighted by atomic mass is 10.1. The molecule has 0 radical (unpaired) electrons. The number of hydrogen-bond donors (Lipinski definition) is 2. The highest BCUT2D eigenvalue weighted by Gasteiger charge is 2.11. The molecule has 2 amide bonds. The Labute approximate surface area is 176 Å². The van der Waals surface area contributed by atoms with Gasteiger partial charge in [-0.1, -0.05) is 32.0 Å². The fourth-order valence-electron chi connectivity index (χ4n) is 2.95. The lowest BCUT2D eigenvalue weighted by Gasteiger charge is -2.08. The minimum atomic E-state index is -0.246. The number of aromatic nitrogens is 3. The van der Waals surface area contributed by atoms with E-state index in [9.17, 15) is 9.59 Å². The zero-order valence-corrected chi connectivity index (χ0v) is 17.8. The molecule has 0 bridgehead atoms. The van der Waals surface area contributed by atoms with Crippen molar-refractivity contribution < 1.29 is 9.59 Å². The molecule has 0 aliphatic carbocycles. The molecular formula is C23H27N5O2. The van der Waals surface area contributed by atoms with Gasteiger partial charge in [-0.15, -0.1) is 0 Å². The third-order valence-electron chi connectivity index (χ3n) is 4.73. The number of pyridine rings is 1. The highest BCUT2D eigenvalue weighted by atomic mass is 16.2. The molecule has 0 spiro atoms. The third kappa shape index (κ3) is 5.53. The number of carbonyl (C=O) groups excluding carboxylic acids is 2. The lowest BCUT2D eigenvalue weighted by Crippen LogP contribution is -2.23. The van der Waals surface area contributed by atoms with Crippen LogP contribution >= 0.6 is 0 Å². The highest BCUT2D eigenvalue weighted by molar-refractivity contribution is 5.92. The Hall–Kier alpha value is -3.48. The summed E-state index contributed by atoms with van der Waals surface area (Å²) in [6.07, 6.45) is 5.23. The van der Waals surface area contributed by atoms with Crippen LogP contribution in [0.15, 0.2) is 49.1 Å². The smallest absolute Gasteiger partial charge is 0.271 e. The third-order valence-corrected chi connectivity index (χ3v) is 4.73. The van der Waals surface area contributed by atoms with Crippen molar-refractivity contribution in [3.8, 4) is 5.82 Å². The van der Waals surface area contributed by atoms with Gasteiger partial charge in [0.25, 0.3) is 5.91 Å².